The molecule has 2 aromatic carbocycles. The molecule has 264 valence electrons. The lowest BCUT2D eigenvalue weighted by Crippen LogP contribution is -2.32. The van der Waals surface area contributed by atoms with Crippen molar-refractivity contribution < 1.29 is 18.0 Å². The van der Waals surface area contributed by atoms with Crippen molar-refractivity contribution in [2.45, 2.75) is 87.5 Å². The molecule has 13 heteroatoms. The minimum Gasteiger partial charge on any atom is -0.444 e. The first-order valence-electron chi connectivity index (χ1n) is 18.0. The maximum atomic E-state index is 13.3. The van der Waals surface area contributed by atoms with Crippen molar-refractivity contribution in [3.63, 3.8) is 0 Å². The topological polar surface area (TPSA) is 150 Å². The fraction of sp³-hybridized carbons (Fsp3) is 0.611. The summed E-state index contributed by atoms with van der Waals surface area (Å²) in [6, 6.07) is 3.61. The number of urea groups is 2. The number of carbonyl (C=O) groups is 2. The summed E-state index contributed by atoms with van der Waals surface area (Å²) in [5.41, 5.74) is 11.8. The molecule has 0 aromatic heterocycles. The van der Waals surface area contributed by atoms with Crippen molar-refractivity contribution in [3.05, 3.63) is 56.6 Å². The van der Waals surface area contributed by atoms with Crippen LogP contribution in [-0.4, -0.2) is 76.8 Å². The summed E-state index contributed by atoms with van der Waals surface area (Å²) in [5, 5.41) is 12.0. The zero-order valence-corrected chi connectivity index (χ0v) is 30.2. The molecule has 8 rings (SSSR count). The summed E-state index contributed by atoms with van der Waals surface area (Å²) in [4.78, 5) is 30.7. The third kappa shape index (κ3) is 6.45. The Balaban J connectivity index is 1.02. The molecule has 4 aliphatic carbocycles. The second-order valence-electron chi connectivity index (χ2n) is 15.4. The Morgan fingerprint density at radius 1 is 0.776 bits per heavy atom. The zero-order chi connectivity index (χ0) is 34.0. The van der Waals surface area contributed by atoms with Gasteiger partial charge in [0.2, 0.25) is 0 Å². The lowest BCUT2D eigenvalue weighted by atomic mass is 9.87. The minimum absolute atomic E-state index is 0.102. The van der Waals surface area contributed by atoms with Gasteiger partial charge in [-0.1, -0.05) is 23.8 Å². The molecule has 11 nitrogen and oxygen atoms in total. The molecule has 4 N–H and O–H groups in total. The van der Waals surface area contributed by atoms with Crippen LogP contribution in [-0.2, 0) is 76.1 Å². The molecule has 0 spiro atoms. The van der Waals surface area contributed by atoms with Crippen LogP contribution in [0.25, 0.3) is 0 Å². The third-order valence-corrected chi connectivity index (χ3v) is 15.2. The standard InChI is InChI=1S/C36H48N7O4S2/c1-42-11-9-27(19-42)48(46)40-35(44)38-33-29-7-3-5-21(29)13-25-15-23(17-31(25)33)24-16-26-14-22-6-4-8-30(22)34(32(26)18-24)39-36(45)41-49(37,47)28-10-12-43(2)20-28/h13-14,23-24,27-28H,3-12,15-20H2,1-2H3,(H,38,44)(H3,37,39,41,45,47)/q-1. The number of likely N-dealkylation sites (tertiary alicyclic amines) is 2. The number of rotatable bonds is 5. The molecule has 5 atom stereocenters. The molecule has 0 bridgehead atoms. The summed E-state index contributed by atoms with van der Waals surface area (Å²) < 4.78 is 34.4. The number of amides is 4. The van der Waals surface area contributed by atoms with Gasteiger partial charge in [-0.25, -0.2) is 18.9 Å². The highest BCUT2D eigenvalue weighted by molar-refractivity contribution is 7.92. The molecular weight excluding hydrogens is 659 g/mol. The Bertz CT molecular complexity index is 1950. The largest absolute Gasteiger partial charge is 0.444 e. The molecule has 2 aromatic rings. The molecule has 2 heterocycles. The molecule has 6 aliphatic rings. The zero-order valence-electron chi connectivity index (χ0n) is 28.6. The van der Waals surface area contributed by atoms with E-state index in [1.54, 1.807) is 0 Å². The van der Waals surface area contributed by atoms with E-state index in [1.807, 2.05) is 14.1 Å². The SMILES string of the molecule is CN1CCC(/[S-](=O)=N/C(=O)Nc2c3c(cc4c2CC(C2Cc5cc6c(c(NC(=O)N=S(N)(=O)C7CCN(C)C7)c5C2)CCC6)C4)CCC3)C1. The summed E-state index contributed by atoms with van der Waals surface area (Å²) in [6.45, 7) is 2.95. The van der Waals surface area contributed by atoms with E-state index in [0.29, 0.717) is 31.3 Å². The molecule has 0 radical (unpaired) electrons. The quantitative estimate of drug-likeness (QED) is 0.382. The van der Waals surface area contributed by atoms with Crippen LogP contribution in [0.4, 0.5) is 21.0 Å². The number of carbonyl (C=O) groups excluding carboxylic acids is 2. The fourth-order valence-electron chi connectivity index (χ4n) is 9.59. The van der Waals surface area contributed by atoms with Crippen molar-refractivity contribution in [2.24, 2.45) is 25.7 Å². The number of hydrogen-bond donors (Lipinski definition) is 3. The van der Waals surface area contributed by atoms with Crippen LogP contribution >= 0.6 is 0 Å². The predicted octanol–water partition coefficient (Wildman–Crippen LogP) is 4.75. The monoisotopic (exact) mass is 706 g/mol. The average molecular weight is 707 g/mol. The second kappa shape index (κ2) is 13.0. The molecule has 5 unspecified atom stereocenters. The van der Waals surface area contributed by atoms with Gasteiger partial charge in [0.05, 0.1) is 5.25 Å². The lowest BCUT2D eigenvalue weighted by molar-refractivity contribution is 0.259. The fourth-order valence-corrected chi connectivity index (χ4v) is 12.0. The molecule has 2 saturated heterocycles. The van der Waals surface area contributed by atoms with Gasteiger partial charge in [-0.2, -0.15) is 10.6 Å². The number of nitrogens with zero attached hydrogens (tertiary/aromatic N) is 4. The van der Waals surface area contributed by atoms with Crippen molar-refractivity contribution in [1.29, 1.82) is 0 Å². The van der Waals surface area contributed by atoms with Crippen LogP contribution in [0.3, 0.4) is 0 Å². The van der Waals surface area contributed by atoms with Gasteiger partial charge in [0.15, 0.2) is 0 Å². The number of hydrogen-bond acceptors (Lipinski definition) is 7. The Morgan fingerprint density at radius 2 is 1.33 bits per heavy atom. The predicted molar refractivity (Wildman–Crippen MR) is 194 cm³/mol. The number of nitrogens with one attached hydrogen (secondary N) is 2. The van der Waals surface area contributed by atoms with E-state index < -0.39 is 32.6 Å². The van der Waals surface area contributed by atoms with Crippen LogP contribution in [0.15, 0.2) is 20.9 Å². The van der Waals surface area contributed by atoms with Crippen molar-refractivity contribution >= 4 is 43.9 Å². The summed E-state index contributed by atoms with van der Waals surface area (Å²) in [5.74, 6) is 0.783. The van der Waals surface area contributed by atoms with Crippen molar-refractivity contribution in [2.75, 3.05) is 50.9 Å². The van der Waals surface area contributed by atoms with E-state index in [1.165, 1.54) is 44.5 Å². The summed E-state index contributed by atoms with van der Waals surface area (Å²) in [7, 11) is -0.747. The first-order valence-corrected chi connectivity index (χ1v) is 20.8. The lowest BCUT2D eigenvalue weighted by Gasteiger charge is -2.19. The highest BCUT2D eigenvalue weighted by Crippen LogP contribution is 2.47. The minimum atomic E-state index is -3.16. The summed E-state index contributed by atoms with van der Waals surface area (Å²) >= 11 is 0. The van der Waals surface area contributed by atoms with Crippen molar-refractivity contribution in [3.8, 4) is 0 Å². The smallest absolute Gasteiger partial charge is 0.354 e. The maximum absolute atomic E-state index is 13.3. The third-order valence-electron chi connectivity index (χ3n) is 12.1. The van der Waals surface area contributed by atoms with Gasteiger partial charge in [0.25, 0.3) is 0 Å². The number of benzene rings is 2. The molecule has 49 heavy (non-hydrogen) atoms. The van der Waals surface area contributed by atoms with Crippen LogP contribution in [0.2, 0.25) is 0 Å². The normalized spacial score (nSPS) is 27.8. The molecular formula is C36H48N7O4S2-. The number of aryl methyl sites for hydroxylation is 2. The number of fused-ring (bicyclic) bond motifs is 4. The first kappa shape index (κ1) is 33.3. The van der Waals surface area contributed by atoms with E-state index in [0.717, 1.165) is 95.1 Å². The second-order valence-corrected chi connectivity index (χ2v) is 18.9. The van der Waals surface area contributed by atoms with Gasteiger partial charge in [0, 0.05) is 17.9 Å². The highest BCUT2D eigenvalue weighted by Gasteiger charge is 2.38. The van der Waals surface area contributed by atoms with Gasteiger partial charge in [-0.3, -0.25) is 0 Å². The Morgan fingerprint density at radius 3 is 1.86 bits per heavy atom. The number of anilines is 2. The number of nitrogens with two attached hydrogens (primary N) is 1. The van der Waals surface area contributed by atoms with Crippen molar-refractivity contribution in [1.82, 2.24) is 9.80 Å². The van der Waals surface area contributed by atoms with Crippen LogP contribution in [0, 0.1) is 11.8 Å². The van der Waals surface area contributed by atoms with Gasteiger partial charge < -0.3 is 29.0 Å². The van der Waals surface area contributed by atoms with E-state index >= 15 is 0 Å². The van der Waals surface area contributed by atoms with E-state index in [9.17, 15) is 18.0 Å². The van der Waals surface area contributed by atoms with Gasteiger partial charge in [0.1, 0.15) is 9.92 Å². The average Bonchev–Trinajstić information content (AvgIpc) is 3.88. The Hall–Kier alpha value is -2.84. The van der Waals surface area contributed by atoms with Gasteiger partial charge in [-0.15, -0.1) is 4.36 Å². The Kier molecular flexibility index (Phi) is 8.87. The summed E-state index contributed by atoms with van der Waals surface area (Å²) in [6.07, 6.45) is 11.0. The van der Waals surface area contributed by atoms with E-state index in [-0.39, 0.29) is 10.5 Å². The molecule has 2 fully saturated rings. The van der Waals surface area contributed by atoms with Gasteiger partial charge in [-0.05, 0) is 161 Å². The molecule has 2 aliphatic heterocycles. The first-order chi connectivity index (χ1) is 23.5. The molecule has 4 amide bonds. The van der Waals surface area contributed by atoms with Crippen LogP contribution < -0.4 is 15.8 Å². The Labute approximate surface area is 291 Å². The van der Waals surface area contributed by atoms with Crippen LogP contribution in [0.5, 0.6) is 0 Å². The van der Waals surface area contributed by atoms with Gasteiger partial charge >= 0.3 is 12.1 Å². The highest BCUT2D eigenvalue weighted by atomic mass is 32.2. The van der Waals surface area contributed by atoms with Crippen LogP contribution in [0.1, 0.15) is 70.2 Å². The molecule has 0 saturated carbocycles. The maximum Gasteiger partial charge on any atom is 0.354 e. The van der Waals surface area contributed by atoms with E-state index in [4.69, 9.17) is 5.14 Å². The van der Waals surface area contributed by atoms with E-state index in [2.05, 4.69) is 41.3 Å².